The number of aromatic nitrogens is 3. The molecule has 0 radical (unpaired) electrons. The van der Waals surface area contributed by atoms with Crippen LogP contribution in [0.5, 0.6) is 0 Å². The number of nitrogens with one attached hydrogen (secondary N) is 1. The highest BCUT2D eigenvalue weighted by atomic mass is 32.1. The standard InChI is InChI=1S/C16H15N3O3S/c1-4-7-19-13-9(2)10(5-6-12(13)23-16(19)22)14(20)11-8-17-18(3)15(11)21/h4-6,8,17H,1,7H2,2-3H3. The van der Waals surface area contributed by atoms with Crippen molar-refractivity contribution in [2.24, 2.45) is 7.05 Å². The summed E-state index contributed by atoms with van der Waals surface area (Å²) in [5.74, 6) is -0.352. The number of hydrogen-bond acceptors (Lipinski definition) is 4. The number of allylic oxidation sites excluding steroid dienone is 1. The van der Waals surface area contributed by atoms with Crippen LogP contribution in [0.4, 0.5) is 0 Å². The molecule has 6 nitrogen and oxygen atoms in total. The van der Waals surface area contributed by atoms with Gasteiger partial charge in [-0.3, -0.25) is 23.6 Å². The predicted molar refractivity (Wildman–Crippen MR) is 90.5 cm³/mol. The van der Waals surface area contributed by atoms with E-state index in [0.717, 1.165) is 21.6 Å². The first-order valence-electron chi connectivity index (χ1n) is 6.98. The van der Waals surface area contributed by atoms with E-state index in [0.29, 0.717) is 17.7 Å². The van der Waals surface area contributed by atoms with E-state index < -0.39 is 0 Å². The van der Waals surface area contributed by atoms with Crippen LogP contribution in [0.1, 0.15) is 21.5 Å². The van der Waals surface area contributed by atoms with Gasteiger partial charge in [0, 0.05) is 25.4 Å². The number of H-pyrrole nitrogens is 1. The molecule has 0 spiro atoms. The second-order valence-corrected chi connectivity index (χ2v) is 6.23. The zero-order valence-electron chi connectivity index (χ0n) is 12.8. The number of rotatable bonds is 4. The minimum Gasteiger partial charge on any atom is -0.302 e. The van der Waals surface area contributed by atoms with E-state index in [1.165, 1.54) is 10.9 Å². The molecule has 0 bridgehead atoms. The lowest BCUT2D eigenvalue weighted by Gasteiger charge is -2.07. The first kappa shape index (κ1) is 15.2. The van der Waals surface area contributed by atoms with Crippen molar-refractivity contribution in [2.75, 3.05) is 0 Å². The highest BCUT2D eigenvalue weighted by Gasteiger charge is 2.20. The van der Waals surface area contributed by atoms with E-state index in [9.17, 15) is 14.4 Å². The number of carbonyl (C=O) groups excluding carboxylic acids is 1. The van der Waals surface area contributed by atoms with Crippen LogP contribution in [0.2, 0.25) is 0 Å². The molecule has 0 amide bonds. The van der Waals surface area contributed by atoms with Gasteiger partial charge < -0.3 is 5.10 Å². The Bertz CT molecular complexity index is 1050. The summed E-state index contributed by atoms with van der Waals surface area (Å²) in [5, 5.41) is 2.70. The van der Waals surface area contributed by atoms with Gasteiger partial charge in [0.1, 0.15) is 5.56 Å². The number of aromatic amines is 1. The summed E-state index contributed by atoms with van der Waals surface area (Å²) in [6, 6.07) is 3.42. The van der Waals surface area contributed by atoms with E-state index in [1.54, 1.807) is 36.7 Å². The monoisotopic (exact) mass is 329 g/mol. The molecule has 0 fully saturated rings. The molecule has 0 atom stereocenters. The molecule has 0 saturated carbocycles. The normalized spacial score (nSPS) is 11.0. The van der Waals surface area contributed by atoms with Gasteiger partial charge in [0.25, 0.3) is 5.56 Å². The average Bonchev–Trinajstić information content (AvgIpc) is 3.01. The third kappa shape index (κ3) is 2.29. The second kappa shape index (κ2) is 5.51. The van der Waals surface area contributed by atoms with Crippen molar-refractivity contribution >= 4 is 27.3 Å². The van der Waals surface area contributed by atoms with E-state index in [4.69, 9.17) is 0 Å². The van der Waals surface area contributed by atoms with Crippen LogP contribution in [-0.2, 0) is 13.6 Å². The Kier molecular flexibility index (Phi) is 3.65. The number of aryl methyl sites for hydroxylation is 2. The Morgan fingerprint density at radius 3 is 2.70 bits per heavy atom. The maximum Gasteiger partial charge on any atom is 0.308 e. The molecule has 3 rings (SSSR count). The van der Waals surface area contributed by atoms with Crippen molar-refractivity contribution in [3.63, 3.8) is 0 Å². The van der Waals surface area contributed by atoms with Crippen molar-refractivity contribution < 1.29 is 4.79 Å². The molecule has 0 saturated heterocycles. The summed E-state index contributed by atoms with van der Waals surface area (Å²) in [5.41, 5.74) is 1.55. The van der Waals surface area contributed by atoms with Gasteiger partial charge in [-0.2, -0.15) is 0 Å². The highest BCUT2D eigenvalue weighted by molar-refractivity contribution is 7.16. The molecule has 1 aromatic carbocycles. The van der Waals surface area contributed by atoms with Gasteiger partial charge >= 0.3 is 4.87 Å². The number of thiazole rings is 1. The number of benzene rings is 1. The van der Waals surface area contributed by atoms with Crippen molar-refractivity contribution in [3.05, 3.63) is 67.7 Å². The summed E-state index contributed by atoms with van der Waals surface area (Å²) in [7, 11) is 1.55. The summed E-state index contributed by atoms with van der Waals surface area (Å²) < 4.78 is 3.65. The highest BCUT2D eigenvalue weighted by Crippen LogP contribution is 2.25. The lowest BCUT2D eigenvalue weighted by molar-refractivity contribution is 0.103. The van der Waals surface area contributed by atoms with E-state index in [-0.39, 0.29) is 21.8 Å². The fourth-order valence-electron chi connectivity index (χ4n) is 2.64. The topological polar surface area (TPSA) is 76.9 Å². The minimum atomic E-state index is -0.372. The first-order chi connectivity index (χ1) is 11.0. The lowest BCUT2D eigenvalue weighted by Crippen LogP contribution is -2.20. The van der Waals surface area contributed by atoms with Crippen molar-refractivity contribution in [1.29, 1.82) is 0 Å². The molecule has 1 N–H and O–H groups in total. The van der Waals surface area contributed by atoms with Gasteiger partial charge in [-0.05, 0) is 24.6 Å². The molecule has 0 aliphatic heterocycles. The molecule has 118 valence electrons. The Morgan fingerprint density at radius 2 is 2.09 bits per heavy atom. The largest absolute Gasteiger partial charge is 0.308 e. The zero-order chi connectivity index (χ0) is 16.7. The fraction of sp³-hybridized carbons (Fsp3) is 0.188. The minimum absolute atomic E-state index is 0.0859. The average molecular weight is 329 g/mol. The van der Waals surface area contributed by atoms with Crippen molar-refractivity contribution in [3.8, 4) is 0 Å². The smallest absolute Gasteiger partial charge is 0.302 e. The Hall–Kier alpha value is -2.67. The van der Waals surface area contributed by atoms with Crippen molar-refractivity contribution in [1.82, 2.24) is 14.3 Å². The third-order valence-corrected chi connectivity index (χ3v) is 4.76. The number of nitrogens with zero attached hydrogens (tertiary/aromatic N) is 2. The van der Waals surface area contributed by atoms with E-state index >= 15 is 0 Å². The molecule has 3 aromatic rings. The van der Waals surface area contributed by atoms with Gasteiger partial charge in [0.05, 0.1) is 10.2 Å². The van der Waals surface area contributed by atoms with Crippen LogP contribution in [0.3, 0.4) is 0 Å². The van der Waals surface area contributed by atoms with Gasteiger partial charge in [-0.15, -0.1) is 6.58 Å². The molecule has 0 unspecified atom stereocenters. The Morgan fingerprint density at radius 1 is 1.35 bits per heavy atom. The Balaban J connectivity index is 2.25. The molecular weight excluding hydrogens is 314 g/mol. The molecule has 0 aliphatic carbocycles. The van der Waals surface area contributed by atoms with E-state index in [2.05, 4.69) is 11.7 Å². The molecule has 2 aromatic heterocycles. The quantitative estimate of drug-likeness (QED) is 0.586. The predicted octanol–water partition coefficient (Wildman–Crippen LogP) is 1.82. The van der Waals surface area contributed by atoms with Crippen LogP contribution in [-0.4, -0.2) is 20.1 Å². The van der Waals surface area contributed by atoms with Crippen LogP contribution >= 0.6 is 11.3 Å². The van der Waals surface area contributed by atoms with Crippen LogP contribution in [0.15, 0.2) is 40.6 Å². The number of hydrogen-bond donors (Lipinski definition) is 1. The number of carbonyl (C=O) groups is 1. The van der Waals surface area contributed by atoms with Gasteiger partial charge in [-0.25, -0.2) is 0 Å². The molecule has 2 heterocycles. The van der Waals surface area contributed by atoms with E-state index in [1.807, 2.05) is 0 Å². The summed E-state index contributed by atoms with van der Waals surface area (Å²) >= 11 is 1.13. The van der Waals surface area contributed by atoms with Crippen LogP contribution < -0.4 is 10.4 Å². The summed E-state index contributed by atoms with van der Waals surface area (Å²) in [4.78, 5) is 36.6. The molecule has 23 heavy (non-hydrogen) atoms. The van der Waals surface area contributed by atoms with Gasteiger partial charge in [-0.1, -0.05) is 17.4 Å². The summed E-state index contributed by atoms with van der Waals surface area (Å²) in [6.07, 6.45) is 3.04. The maximum absolute atomic E-state index is 12.7. The molecule has 7 heteroatoms. The SMILES string of the molecule is C=CCn1c(=O)sc2ccc(C(=O)c3c[nH]n(C)c3=O)c(C)c21. The van der Waals surface area contributed by atoms with Gasteiger partial charge in [0.15, 0.2) is 0 Å². The van der Waals surface area contributed by atoms with Crippen LogP contribution in [0.25, 0.3) is 10.2 Å². The maximum atomic E-state index is 12.7. The summed E-state index contributed by atoms with van der Waals surface area (Å²) in [6.45, 7) is 5.83. The molecule has 0 aliphatic rings. The Labute approximate surface area is 135 Å². The zero-order valence-corrected chi connectivity index (χ0v) is 13.6. The third-order valence-electron chi connectivity index (χ3n) is 3.82. The molecular formula is C16H15N3O3S. The second-order valence-electron chi connectivity index (χ2n) is 5.23. The first-order valence-corrected chi connectivity index (χ1v) is 7.80. The number of fused-ring (bicyclic) bond motifs is 1. The number of ketones is 1. The fourth-order valence-corrected chi connectivity index (χ4v) is 3.60. The van der Waals surface area contributed by atoms with Crippen molar-refractivity contribution in [2.45, 2.75) is 13.5 Å². The van der Waals surface area contributed by atoms with Crippen LogP contribution in [0, 0.1) is 6.92 Å². The van der Waals surface area contributed by atoms with Gasteiger partial charge in [0.2, 0.25) is 5.78 Å². The lowest BCUT2D eigenvalue weighted by atomic mass is 10.00.